The van der Waals surface area contributed by atoms with E-state index in [2.05, 4.69) is 0 Å². The number of Topliss-reactive ketones (excluding diaryl/α,β-unsaturated/α-hetero) is 1. The zero-order valence-electron chi connectivity index (χ0n) is 23.5. The molecule has 218 valence electrons. The summed E-state index contributed by atoms with van der Waals surface area (Å²) in [6.45, 7) is 3.65. The van der Waals surface area contributed by atoms with Crippen molar-refractivity contribution in [2.45, 2.75) is 51.0 Å². The second-order valence-corrected chi connectivity index (χ2v) is 11.4. The maximum atomic E-state index is 15.1. The van der Waals surface area contributed by atoms with Gasteiger partial charge in [-0.05, 0) is 89.1 Å². The van der Waals surface area contributed by atoms with Gasteiger partial charge in [0.15, 0.2) is 5.78 Å². The topological polar surface area (TPSA) is 64.1 Å². The SMILES string of the molecule is Cc1c(F)cccc1[C@H]1[C@H](C(=O)N2CCCC2)[C@H](C(F)F)N(CCCCN(C)C)C[C@@H]1C(=O)c1cccc(O)c1. The summed E-state index contributed by atoms with van der Waals surface area (Å²) in [4.78, 5) is 33.5. The van der Waals surface area contributed by atoms with Gasteiger partial charge in [0.05, 0.1) is 12.0 Å². The summed E-state index contributed by atoms with van der Waals surface area (Å²) in [6, 6.07) is 9.00. The Balaban J connectivity index is 1.84. The number of rotatable bonds is 10. The Morgan fingerprint density at radius 1 is 1.07 bits per heavy atom. The van der Waals surface area contributed by atoms with E-state index in [0.29, 0.717) is 31.6 Å². The lowest BCUT2D eigenvalue weighted by atomic mass is 9.66. The van der Waals surface area contributed by atoms with Gasteiger partial charge in [-0.15, -0.1) is 0 Å². The molecule has 40 heavy (non-hydrogen) atoms. The van der Waals surface area contributed by atoms with E-state index in [1.807, 2.05) is 19.0 Å². The summed E-state index contributed by atoms with van der Waals surface area (Å²) in [5.41, 5.74) is 0.904. The minimum Gasteiger partial charge on any atom is -0.508 e. The van der Waals surface area contributed by atoms with Crippen LogP contribution in [0.2, 0.25) is 0 Å². The van der Waals surface area contributed by atoms with Crippen LogP contribution in [0.25, 0.3) is 0 Å². The van der Waals surface area contributed by atoms with Crippen LogP contribution < -0.4 is 0 Å². The smallest absolute Gasteiger partial charge is 0.254 e. The lowest BCUT2D eigenvalue weighted by molar-refractivity contribution is -0.146. The summed E-state index contributed by atoms with van der Waals surface area (Å²) in [5.74, 6) is -4.41. The summed E-state index contributed by atoms with van der Waals surface area (Å²) in [7, 11) is 3.90. The molecule has 1 amide bonds. The summed E-state index contributed by atoms with van der Waals surface area (Å²) in [6.07, 6.45) is 0.159. The molecule has 2 saturated heterocycles. The highest BCUT2D eigenvalue weighted by Gasteiger charge is 2.54. The third-order valence-electron chi connectivity index (χ3n) is 8.44. The number of hydrogen-bond acceptors (Lipinski definition) is 5. The van der Waals surface area contributed by atoms with Gasteiger partial charge >= 0.3 is 0 Å². The number of carbonyl (C=O) groups is 2. The fourth-order valence-electron chi connectivity index (χ4n) is 6.44. The minimum absolute atomic E-state index is 0.00978. The molecule has 4 rings (SSSR count). The number of hydrogen-bond donors (Lipinski definition) is 1. The van der Waals surface area contributed by atoms with Crippen LogP contribution in [-0.2, 0) is 4.79 Å². The number of carbonyl (C=O) groups excluding carboxylic acids is 2. The molecule has 2 aliphatic rings. The lowest BCUT2D eigenvalue weighted by Gasteiger charge is -2.49. The second kappa shape index (κ2) is 13.2. The molecule has 0 saturated carbocycles. The number of likely N-dealkylation sites (tertiary alicyclic amines) is 2. The third kappa shape index (κ3) is 6.52. The number of phenols is 1. The van der Waals surface area contributed by atoms with Crippen molar-refractivity contribution in [2.24, 2.45) is 11.8 Å². The molecule has 1 N–H and O–H groups in total. The van der Waals surface area contributed by atoms with E-state index in [1.54, 1.807) is 34.9 Å². The Labute approximate surface area is 234 Å². The Morgan fingerprint density at radius 3 is 2.42 bits per heavy atom. The number of aromatic hydroxyl groups is 1. The van der Waals surface area contributed by atoms with E-state index in [0.717, 1.165) is 25.8 Å². The van der Waals surface area contributed by atoms with Crippen LogP contribution in [0.15, 0.2) is 42.5 Å². The maximum Gasteiger partial charge on any atom is 0.254 e. The van der Waals surface area contributed by atoms with E-state index in [1.165, 1.54) is 24.3 Å². The molecule has 2 fully saturated rings. The number of alkyl halides is 2. The molecule has 0 bridgehead atoms. The quantitative estimate of drug-likeness (QED) is 0.330. The number of unbranched alkanes of at least 4 members (excludes halogenated alkanes) is 1. The Kier molecular flexibility index (Phi) is 9.90. The van der Waals surface area contributed by atoms with Crippen molar-refractivity contribution >= 4 is 11.7 Å². The highest BCUT2D eigenvalue weighted by Crippen LogP contribution is 2.46. The number of phenolic OH excluding ortho intramolecular Hbond substituents is 1. The predicted molar refractivity (Wildman–Crippen MR) is 148 cm³/mol. The Hall–Kier alpha value is -2.91. The molecule has 0 spiro atoms. The highest BCUT2D eigenvalue weighted by molar-refractivity contribution is 5.99. The van der Waals surface area contributed by atoms with E-state index in [9.17, 15) is 19.1 Å². The van der Waals surface area contributed by atoms with Crippen LogP contribution in [-0.4, -0.2) is 90.8 Å². The van der Waals surface area contributed by atoms with Crippen LogP contribution in [0.4, 0.5) is 13.2 Å². The highest BCUT2D eigenvalue weighted by atomic mass is 19.3. The average Bonchev–Trinajstić information content (AvgIpc) is 3.46. The van der Waals surface area contributed by atoms with Crippen molar-refractivity contribution in [3.63, 3.8) is 0 Å². The molecule has 0 unspecified atom stereocenters. The molecule has 2 heterocycles. The number of halogens is 3. The van der Waals surface area contributed by atoms with Gasteiger partial charge in [0.2, 0.25) is 5.91 Å². The largest absolute Gasteiger partial charge is 0.508 e. The van der Waals surface area contributed by atoms with Gasteiger partial charge in [0.1, 0.15) is 11.6 Å². The zero-order valence-corrected chi connectivity index (χ0v) is 23.5. The summed E-state index contributed by atoms with van der Waals surface area (Å²) in [5, 5.41) is 10.1. The normalized spacial score (nSPS) is 23.8. The van der Waals surface area contributed by atoms with Crippen molar-refractivity contribution < 1.29 is 27.9 Å². The molecule has 2 aromatic carbocycles. The van der Waals surface area contributed by atoms with Gasteiger partial charge < -0.3 is 14.9 Å². The molecule has 6 nitrogen and oxygen atoms in total. The van der Waals surface area contributed by atoms with Crippen molar-refractivity contribution in [1.82, 2.24) is 14.7 Å². The molecular formula is C31H40F3N3O3. The fraction of sp³-hybridized carbons (Fsp3) is 0.548. The van der Waals surface area contributed by atoms with E-state index >= 15 is 8.78 Å². The fourth-order valence-corrected chi connectivity index (χ4v) is 6.44. The van der Waals surface area contributed by atoms with Gasteiger partial charge in [0, 0.05) is 37.0 Å². The van der Waals surface area contributed by atoms with Crippen molar-refractivity contribution in [2.75, 3.05) is 46.8 Å². The monoisotopic (exact) mass is 559 g/mol. The molecule has 2 aliphatic heterocycles. The number of nitrogens with zero attached hydrogens (tertiary/aromatic N) is 3. The summed E-state index contributed by atoms with van der Waals surface area (Å²) >= 11 is 0. The maximum absolute atomic E-state index is 15.1. The standard InChI is InChI=1S/C31H40F3N3O3/c1-20-23(12-9-13-25(20)32)26-24(29(39)21-10-8-11-22(38)18-21)19-37(17-5-4-14-35(2)3)28(30(33)34)27(26)31(40)36-15-6-7-16-36/h8-13,18,24,26-28,30,38H,4-7,14-17,19H2,1-3H3/t24-,26+,27-,28+/m0/s1. The predicted octanol–water partition coefficient (Wildman–Crippen LogP) is 4.95. The van der Waals surface area contributed by atoms with Crippen LogP contribution in [0, 0.1) is 24.6 Å². The summed E-state index contributed by atoms with van der Waals surface area (Å²) < 4.78 is 45.0. The zero-order chi connectivity index (χ0) is 29.0. The van der Waals surface area contributed by atoms with Crippen LogP contribution >= 0.6 is 0 Å². The first-order valence-electron chi connectivity index (χ1n) is 14.1. The first kappa shape index (κ1) is 30.1. The van der Waals surface area contributed by atoms with Crippen LogP contribution in [0.3, 0.4) is 0 Å². The first-order chi connectivity index (χ1) is 19.1. The molecule has 2 aromatic rings. The third-order valence-corrected chi connectivity index (χ3v) is 8.44. The van der Waals surface area contributed by atoms with Gasteiger partial charge in [0.25, 0.3) is 6.43 Å². The van der Waals surface area contributed by atoms with Crippen molar-refractivity contribution in [3.8, 4) is 5.75 Å². The molecule has 0 aliphatic carbocycles. The van der Waals surface area contributed by atoms with Gasteiger partial charge in [-0.3, -0.25) is 14.5 Å². The number of benzene rings is 2. The van der Waals surface area contributed by atoms with Gasteiger partial charge in [-0.25, -0.2) is 13.2 Å². The molecular weight excluding hydrogens is 519 g/mol. The number of ketones is 1. The van der Waals surface area contributed by atoms with Gasteiger partial charge in [-0.2, -0.15) is 0 Å². The van der Waals surface area contributed by atoms with E-state index in [4.69, 9.17) is 0 Å². The second-order valence-electron chi connectivity index (χ2n) is 11.4. The van der Waals surface area contributed by atoms with Crippen LogP contribution in [0.5, 0.6) is 5.75 Å². The number of piperidine rings is 1. The molecule has 0 aromatic heterocycles. The van der Waals surface area contributed by atoms with Gasteiger partial charge in [-0.1, -0.05) is 24.3 Å². The number of amides is 1. The van der Waals surface area contributed by atoms with Crippen molar-refractivity contribution in [3.05, 3.63) is 65.0 Å². The first-order valence-corrected chi connectivity index (χ1v) is 14.1. The van der Waals surface area contributed by atoms with Crippen LogP contribution in [0.1, 0.15) is 53.1 Å². The molecule has 0 radical (unpaired) electrons. The molecule has 9 heteroatoms. The lowest BCUT2D eigenvalue weighted by Crippen LogP contribution is -2.61. The van der Waals surface area contributed by atoms with E-state index < -0.39 is 41.9 Å². The minimum atomic E-state index is -2.83. The van der Waals surface area contributed by atoms with E-state index in [-0.39, 0.29) is 29.2 Å². The Morgan fingerprint density at radius 2 is 1.77 bits per heavy atom. The molecule has 4 atom stereocenters. The Bertz CT molecular complexity index is 1190. The van der Waals surface area contributed by atoms with Crippen molar-refractivity contribution in [1.29, 1.82) is 0 Å². The average molecular weight is 560 g/mol.